The van der Waals surface area contributed by atoms with E-state index in [0.717, 1.165) is 31.5 Å². The van der Waals surface area contributed by atoms with Crippen molar-refractivity contribution in [3.63, 3.8) is 0 Å². The van der Waals surface area contributed by atoms with Gasteiger partial charge in [-0.15, -0.1) is 0 Å². The Bertz CT molecular complexity index is 1040. The maximum absolute atomic E-state index is 13.9. The summed E-state index contributed by atoms with van der Waals surface area (Å²) in [6.45, 7) is -0.0843. The zero-order valence-corrected chi connectivity index (χ0v) is 18.1. The number of amides is 1. The van der Waals surface area contributed by atoms with Crippen LogP contribution in [0.1, 0.15) is 56.0 Å². The third-order valence-electron chi connectivity index (χ3n) is 8.91. The maximum Gasteiger partial charge on any atom is 0.223 e. The lowest BCUT2D eigenvalue weighted by molar-refractivity contribution is -0.127. The maximum atomic E-state index is 13.9. The minimum absolute atomic E-state index is 0.0318. The molecule has 3 saturated carbocycles. The molecule has 7 atom stereocenters. The van der Waals surface area contributed by atoms with Gasteiger partial charge in [-0.25, -0.2) is 13.8 Å². The van der Waals surface area contributed by atoms with E-state index in [4.69, 9.17) is 0 Å². The molecule has 4 nitrogen and oxygen atoms in total. The largest absolute Gasteiger partial charge is 0.352 e. The smallest absolute Gasteiger partial charge is 0.223 e. The Labute approximate surface area is 187 Å². The third-order valence-corrected chi connectivity index (χ3v) is 8.91. The summed E-state index contributed by atoms with van der Waals surface area (Å²) < 4.78 is 30.2. The number of nitrogens with one attached hydrogen (secondary N) is 1. The van der Waals surface area contributed by atoms with E-state index in [1.54, 1.807) is 0 Å². The molecule has 1 aromatic carbocycles. The zero-order valence-electron chi connectivity index (χ0n) is 18.1. The van der Waals surface area contributed by atoms with Crippen LogP contribution in [0, 0.1) is 47.1 Å². The van der Waals surface area contributed by atoms with Crippen LogP contribution in [0.2, 0.25) is 0 Å². The summed E-state index contributed by atoms with van der Waals surface area (Å²) in [5.41, 5.74) is -0.0552. The van der Waals surface area contributed by atoms with Crippen molar-refractivity contribution in [1.82, 2.24) is 14.9 Å². The number of benzene rings is 1. The third kappa shape index (κ3) is 3.13. The van der Waals surface area contributed by atoms with Crippen LogP contribution in [-0.2, 0) is 11.3 Å². The summed E-state index contributed by atoms with van der Waals surface area (Å²) in [7, 11) is 0. The van der Waals surface area contributed by atoms with Crippen LogP contribution in [0.4, 0.5) is 8.78 Å². The van der Waals surface area contributed by atoms with Crippen LogP contribution < -0.4 is 5.32 Å². The summed E-state index contributed by atoms with van der Waals surface area (Å²) in [5.74, 6) is 2.70. The Kier molecular flexibility index (Phi) is 4.92. The molecule has 2 aromatic rings. The average molecular weight is 438 g/mol. The fraction of sp³-hybridized carbons (Fsp3) is 0.538. The van der Waals surface area contributed by atoms with Crippen molar-refractivity contribution in [2.45, 2.75) is 51.1 Å². The first-order valence-electron chi connectivity index (χ1n) is 12.0. The van der Waals surface area contributed by atoms with Crippen molar-refractivity contribution in [2.75, 3.05) is 0 Å². The highest BCUT2D eigenvalue weighted by Gasteiger charge is 2.52. The number of imidazole rings is 1. The van der Waals surface area contributed by atoms with Gasteiger partial charge >= 0.3 is 0 Å². The quantitative estimate of drug-likeness (QED) is 0.724. The summed E-state index contributed by atoms with van der Waals surface area (Å²) in [6.07, 6.45) is 15.2. The van der Waals surface area contributed by atoms with E-state index in [1.807, 2.05) is 6.20 Å². The number of carbonyl (C=O) groups excluding carboxylic acids is 1. The highest BCUT2D eigenvalue weighted by Crippen LogP contribution is 2.58. The fourth-order valence-electron chi connectivity index (χ4n) is 7.57. The molecule has 6 heteroatoms. The van der Waals surface area contributed by atoms with E-state index in [0.29, 0.717) is 35.6 Å². The van der Waals surface area contributed by atoms with Gasteiger partial charge in [0.25, 0.3) is 0 Å². The standard InChI is InChI=1S/C26H29F2N3O/c27-22-2-1-3-23(28)21(22)14-30-26(32)20-7-6-15-16-8-10-24-19(17(16)4-5-18(15)20)9-11-25-29-12-13-31(24)25/h1-3,9,11-13,15-20,24H,4-8,10,14H2,(H,30,32)/t15-,16-,17-,18-,19+,20+,24?/m0/s1. The molecule has 1 aliphatic heterocycles. The topological polar surface area (TPSA) is 46.9 Å². The lowest BCUT2D eigenvalue weighted by Gasteiger charge is -2.51. The lowest BCUT2D eigenvalue weighted by Crippen LogP contribution is -2.45. The molecule has 3 aliphatic carbocycles. The molecule has 168 valence electrons. The summed E-state index contributed by atoms with van der Waals surface area (Å²) in [4.78, 5) is 17.5. The van der Waals surface area contributed by atoms with Gasteiger partial charge in [-0.2, -0.15) is 0 Å². The number of allylic oxidation sites excluding steroid dienone is 1. The summed E-state index contributed by atoms with van der Waals surface area (Å²) in [6, 6.07) is 4.34. The van der Waals surface area contributed by atoms with Gasteiger partial charge in [-0.3, -0.25) is 4.79 Å². The van der Waals surface area contributed by atoms with E-state index >= 15 is 0 Å². The Morgan fingerprint density at radius 2 is 1.72 bits per heavy atom. The second-order valence-electron chi connectivity index (χ2n) is 10.1. The molecule has 0 spiro atoms. The van der Waals surface area contributed by atoms with Gasteiger partial charge < -0.3 is 9.88 Å². The van der Waals surface area contributed by atoms with Crippen molar-refractivity contribution in [3.05, 3.63) is 59.7 Å². The molecule has 3 fully saturated rings. The summed E-state index contributed by atoms with van der Waals surface area (Å²) >= 11 is 0. The first-order valence-corrected chi connectivity index (χ1v) is 12.0. The first kappa shape index (κ1) is 20.1. The van der Waals surface area contributed by atoms with Gasteiger partial charge in [0.15, 0.2) is 0 Å². The van der Waals surface area contributed by atoms with Gasteiger partial charge in [0.2, 0.25) is 5.91 Å². The van der Waals surface area contributed by atoms with Crippen LogP contribution in [0.5, 0.6) is 0 Å². The molecule has 4 aliphatic rings. The molecule has 1 amide bonds. The van der Waals surface area contributed by atoms with Gasteiger partial charge in [0.05, 0.1) is 0 Å². The predicted molar refractivity (Wildman–Crippen MR) is 117 cm³/mol. The van der Waals surface area contributed by atoms with Crippen molar-refractivity contribution >= 4 is 12.0 Å². The number of carbonyl (C=O) groups is 1. The van der Waals surface area contributed by atoms with Gasteiger partial charge in [0.1, 0.15) is 17.5 Å². The van der Waals surface area contributed by atoms with Gasteiger partial charge in [0, 0.05) is 42.4 Å². The van der Waals surface area contributed by atoms with Crippen LogP contribution in [0.15, 0.2) is 36.7 Å². The molecule has 1 unspecified atom stereocenters. The molecule has 1 aromatic heterocycles. The number of aromatic nitrogens is 2. The zero-order chi connectivity index (χ0) is 21.8. The monoisotopic (exact) mass is 437 g/mol. The number of halogens is 2. The fourth-order valence-corrected chi connectivity index (χ4v) is 7.57. The number of rotatable bonds is 3. The second kappa shape index (κ2) is 7.82. The Morgan fingerprint density at radius 3 is 2.56 bits per heavy atom. The van der Waals surface area contributed by atoms with E-state index in [-0.39, 0.29) is 23.9 Å². The van der Waals surface area contributed by atoms with E-state index in [2.05, 4.69) is 33.2 Å². The Balaban J connectivity index is 1.14. The molecule has 0 bridgehead atoms. The molecule has 32 heavy (non-hydrogen) atoms. The van der Waals surface area contributed by atoms with E-state index in [9.17, 15) is 13.6 Å². The second-order valence-corrected chi connectivity index (χ2v) is 10.1. The first-order chi connectivity index (χ1) is 15.6. The highest BCUT2D eigenvalue weighted by molar-refractivity contribution is 5.79. The average Bonchev–Trinajstić information content (AvgIpc) is 3.45. The van der Waals surface area contributed by atoms with Crippen LogP contribution >= 0.6 is 0 Å². The minimum Gasteiger partial charge on any atom is -0.352 e. The van der Waals surface area contributed by atoms with Crippen LogP contribution in [0.25, 0.3) is 6.08 Å². The van der Waals surface area contributed by atoms with Gasteiger partial charge in [-0.05, 0) is 80.4 Å². The SMILES string of the molecule is O=C(NCc1c(F)cccc1F)[C@@H]1CC[C@H]2[C@@H]3CCC4[C@H](C=Cc5nccn54)[C@H]3CC[C@@H]21. The van der Waals surface area contributed by atoms with Crippen molar-refractivity contribution in [3.8, 4) is 0 Å². The Morgan fingerprint density at radius 1 is 1.00 bits per heavy atom. The van der Waals surface area contributed by atoms with Gasteiger partial charge in [-0.1, -0.05) is 12.1 Å². The van der Waals surface area contributed by atoms with E-state index in [1.165, 1.54) is 31.0 Å². The summed E-state index contributed by atoms with van der Waals surface area (Å²) in [5, 5.41) is 2.84. The molecular weight excluding hydrogens is 408 g/mol. The van der Waals surface area contributed by atoms with Crippen LogP contribution in [-0.4, -0.2) is 15.5 Å². The molecule has 0 saturated heterocycles. The highest BCUT2D eigenvalue weighted by atomic mass is 19.1. The number of nitrogens with zero attached hydrogens (tertiary/aromatic N) is 2. The molecule has 6 rings (SSSR count). The molecule has 2 heterocycles. The molecule has 0 radical (unpaired) electrons. The van der Waals surface area contributed by atoms with Crippen LogP contribution in [0.3, 0.4) is 0 Å². The predicted octanol–water partition coefficient (Wildman–Crippen LogP) is 5.12. The minimum atomic E-state index is -0.603. The Hall–Kier alpha value is -2.50. The van der Waals surface area contributed by atoms with E-state index < -0.39 is 11.6 Å². The number of hydrogen-bond donors (Lipinski definition) is 1. The molecule has 1 N–H and O–H groups in total. The lowest BCUT2D eigenvalue weighted by atomic mass is 9.56. The van der Waals surface area contributed by atoms with Crippen molar-refractivity contribution in [2.24, 2.45) is 35.5 Å². The normalized spacial score (nSPS) is 34.9. The molecular formula is C26H29F2N3O. The number of fused-ring (bicyclic) bond motifs is 7. The van der Waals surface area contributed by atoms with Crippen molar-refractivity contribution < 1.29 is 13.6 Å². The number of hydrogen-bond acceptors (Lipinski definition) is 2. The van der Waals surface area contributed by atoms with Crippen molar-refractivity contribution in [1.29, 1.82) is 0 Å².